The molecule has 128 valence electrons. The second-order valence-corrected chi connectivity index (χ2v) is 7.08. The average molecular weight is 345 g/mol. The van der Waals surface area contributed by atoms with Crippen molar-refractivity contribution in [2.24, 2.45) is 0 Å². The largest absolute Gasteiger partial charge is 0.336 e. The summed E-state index contributed by atoms with van der Waals surface area (Å²) >= 11 is 3.46. The number of hydrogen-bond acceptors (Lipinski definition) is 4. The van der Waals surface area contributed by atoms with E-state index in [0.717, 1.165) is 35.8 Å². The maximum absolute atomic E-state index is 12.5. The molecule has 1 N–H and O–H groups in total. The second kappa shape index (κ2) is 12.0. The molecule has 2 rings (SSSR count). The van der Waals surface area contributed by atoms with Crippen LogP contribution in [0, 0.1) is 6.92 Å². The molecule has 2 heterocycles. The topological polar surface area (TPSA) is 32.3 Å². The highest BCUT2D eigenvalue weighted by molar-refractivity contribution is 7.97. The molecule has 1 saturated heterocycles. The highest BCUT2D eigenvalue weighted by atomic mass is 32.2. The summed E-state index contributed by atoms with van der Waals surface area (Å²) in [7, 11) is 0. The number of aryl methyl sites for hydroxylation is 1. The summed E-state index contributed by atoms with van der Waals surface area (Å²) in [5.41, 5.74) is 0.899. The van der Waals surface area contributed by atoms with Crippen molar-refractivity contribution in [3.8, 4) is 0 Å². The summed E-state index contributed by atoms with van der Waals surface area (Å²) in [5.74, 6) is 1.66. The number of hydrogen-bond donors (Lipinski definition) is 1. The van der Waals surface area contributed by atoms with Crippen LogP contribution in [0.2, 0.25) is 0 Å². The summed E-state index contributed by atoms with van der Waals surface area (Å²) in [4.78, 5) is 16.9. The van der Waals surface area contributed by atoms with Crippen LogP contribution in [0.25, 0.3) is 0 Å². The molecule has 22 heavy (non-hydrogen) atoms. The quantitative estimate of drug-likeness (QED) is 0.772. The maximum Gasteiger partial charge on any atom is 0.255 e. The lowest BCUT2D eigenvalue weighted by molar-refractivity contribution is 0.0771. The Labute approximate surface area is 145 Å². The first kappa shape index (κ1) is 21.5. The van der Waals surface area contributed by atoms with Gasteiger partial charge in [0.25, 0.3) is 5.91 Å². The molecule has 1 aromatic rings. The van der Waals surface area contributed by atoms with Crippen LogP contribution in [0.15, 0.2) is 6.07 Å². The van der Waals surface area contributed by atoms with Gasteiger partial charge in [-0.3, -0.25) is 9.52 Å². The predicted octanol–water partition coefficient (Wildman–Crippen LogP) is 4.93. The number of nitrogens with one attached hydrogen (secondary N) is 1. The van der Waals surface area contributed by atoms with Crippen molar-refractivity contribution in [2.75, 3.05) is 25.4 Å². The fourth-order valence-corrected chi connectivity index (χ4v) is 3.68. The molecule has 0 radical (unpaired) electrons. The second-order valence-electron chi connectivity index (χ2n) is 4.81. The van der Waals surface area contributed by atoms with Crippen LogP contribution in [0.5, 0.6) is 0 Å². The Morgan fingerprint density at radius 3 is 2.41 bits per heavy atom. The summed E-state index contributed by atoms with van der Waals surface area (Å²) in [6, 6.07) is 2.08. The number of nitrogens with zero attached hydrogens (tertiary/aromatic N) is 1. The van der Waals surface area contributed by atoms with Gasteiger partial charge in [0.2, 0.25) is 0 Å². The van der Waals surface area contributed by atoms with E-state index in [1.165, 1.54) is 4.88 Å². The van der Waals surface area contributed by atoms with Gasteiger partial charge in [0, 0.05) is 35.1 Å². The molecule has 0 spiro atoms. The van der Waals surface area contributed by atoms with Gasteiger partial charge in [0.05, 0.1) is 5.56 Å². The minimum absolute atomic E-state index is 0.194. The molecular formula is C17H32N2OS2. The van der Waals surface area contributed by atoms with Crippen molar-refractivity contribution in [3.05, 3.63) is 21.4 Å². The van der Waals surface area contributed by atoms with E-state index in [2.05, 4.69) is 31.6 Å². The summed E-state index contributed by atoms with van der Waals surface area (Å²) in [6.07, 6.45) is 0. The van der Waals surface area contributed by atoms with Crippen LogP contribution >= 0.6 is 23.3 Å². The molecule has 5 heteroatoms. The van der Waals surface area contributed by atoms with Crippen molar-refractivity contribution >= 4 is 29.2 Å². The van der Waals surface area contributed by atoms with Crippen LogP contribution < -0.4 is 4.72 Å². The third-order valence-corrected chi connectivity index (χ3v) is 5.22. The van der Waals surface area contributed by atoms with Gasteiger partial charge in [-0.05, 0) is 18.9 Å². The molecular weight excluding hydrogens is 312 g/mol. The van der Waals surface area contributed by atoms with Crippen LogP contribution in [0.1, 0.15) is 67.6 Å². The average Bonchev–Trinajstić information content (AvgIpc) is 2.77. The molecule has 3 nitrogen and oxygen atoms in total. The minimum atomic E-state index is 0.194. The minimum Gasteiger partial charge on any atom is -0.336 e. The van der Waals surface area contributed by atoms with E-state index in [4.69, 9.17) is 0 Å². The molecule has 1 fully saturated rings. The van der Waals surface area contributed by atoms with Crippen molar-refractivity contribution in [2.45, 2.75) is 54.4 Å². The monoisotopic (exact) mass is 344 g/mol. The summed E-state index contributed by atoms with van der Waals surface area (Å²) < 4.78 is 3.25. The number of carbonyl (C=O) groups excluding carboxylic acids is 1. The number of carbonyl (C=O) groups is 1. The predicted molar refractivity (Wildman–Crippen MR) is 102 cm³/mol. The lowest BCUT2D eigenvalue weighted by Crippen LogP contribution is -2.34. The van der Waals surface area contributed by atoms with Gasteiger partial charge in [0.1, 0.15) is 0 Å². The van der Waals surface area contributed by atoms with E-state index in [0.29, 0.717) is 5.92 Å². The fraction of sp³-hybridized carbons (Fsp3) is 0.706. The fourth-order valence-electron chi connectivity index (χ4n) is 1.97. The first-order chi connectivity index (χ1) is 10.6. The summed E-state index contributed by atoms with van der Waals surface area (Å²) in [5, 5.41) is 0. The van der Waals surface area contributed by atoms with Crippen molar-refractivity contribution < 1.29 is 4.79 Å². The van der Waals surface area contributed by atoms with Crippen molar-refractivity contribution in [3.63, 3.8) is 0 Å². The zero-order valence-corrected chi connectivity index (χ0v) is 16.8. The molecule has 1 amide bonds. The van der Waals surface area contributed by atoms with Gasteiger partial charge in [-0.2, -0.15) is 0 Å². The molecule has 0 bridgehead atoms. The number of thiophene rings is 1. The molecule has 1 aliphatic heterocycles. The van der Waals surface area contributed by atoms with Gasteiger partial charge >= 0.3 is 0 Å². The van der Waals surface area contributed by atoms with Crippen LogP contribution in [0.4, 0.5) is 0 Å². The zero-order chi connectivity index (χ0) is 17.1. The Kier molecular flexibility index (Phi) is 11.7. The van der Waals surface area contributed by atoms with Crippen molar-refractivity contribution in [1.29, 1.82) is 0 Å². The lowest BCUT2D eigenvalue weighted by Gasteiger charge is -2.19. The van der Waals surface area contributed by atoms with E-state index in [1.54, 1.807) is 23.3 Å². The Morgan fingerprint density at radius 2 is 1.86 bits per heavy atom. The van der Waals surface area contributed by atoms with E-state index in [9.17, 15) is 4.79 Å². The third-order valence-electron chi connectivity index (χ3n) is 3.07. The lowest BCUT2D eigenvalue weighted by atomic mass is 10.1. The van der Waals surface area contributed by atoms with E-state index >= 15 is 0 Å². The highest BCUT2D eigenvalue weighted by Gasteiger charge is 2.21. The molecule has 0 saturated carbocycles. The van der Waals surface area contributed by atoms with E-state index in [1.807, 2.05) is 32.6 Å². The standard InChI is InChI=1S/C13H20N2OS2.2C2H6/c1-9(2)12-8-11(10(3)18-12)13(16)15-5-4-14-17-7-6-15;2*1-2/h8-9,14H,4-7H2,1-3H3;2*1-2H3. The maximum atomic E-state index is 12.5. The van der Waals surface area contributed by atoms with Crippen LogP contribution in [0.3, 0.4) is 0 Å². The molecule has 1 aliphatic rings. The van der Waals surface area contributed by atoms with Gasteiger partial charge in [-0.15, -0.1) is 11.3 Å². The van der Waals surface area contributed by atoms with Gasteiger partial charge in [-0.25, -0.2) is 0 Å². The first-order valence-electron chi connectivity index (χ1n) is 8.34. The van der Waals surface area contributed by atoms with Crippen LogP contribution in [-0.2, 0) is 0 Å². The Hall–Kier alpha value is -0.520. The normalized spacial score (nSPS) is 14.5. The Bertz CT molecular complexity index is 422. The van der Waals surface area contributed by atoms with Crippen LogP contribution in [-0.4, -0.2) is 36.2 Å². The first-order valence-corrected chi connectivity index (χ1v) is 10.1. The number of amides is 1. The zero-order valence-electron chi connectivity index (χ0n) is 15.2. The Balaban J connectivity index is 0.00000102. The highest BCUT2D eigenvalue weighted by Crippen LogP contribution is 2.28. The Morgan fingerprint density at radius 1 is 1.23 bits per heavy atom. The molecule has 0 aliphatic carbocycles. The summed E-state index contributed by atoms with van der Waals surface area (Å²) in [6.45, 7) is 16.9. The van der Waals surface area contributed by atoms with Crippen molar-refractivity contribution in [1.82, 2.24) is 9.62 Å². The molecule has 0 aromatic carbocycles. The van der Waals surface area contributed by atoms with Gasteiger partial charge < -0.3 is 4.90 Å². The molecule has 0 unspecified atom stereocenters. The van der Waals surface area contributed by atoms with E-state index in [-0.39, 0.29) is 5.91 Å². The molecule has 0 atom stereocenters. The SMILES string of the molecule is CC.CC.Cc1sc(C(C)C)cc1C(=O)N1CCNSCC1. The number of rotatable bonds is 2. The molecule has 1 aromatic heterocycles. The van der Waals surface area contributed by atoms with Gasteiger partial charge in [0.15, 0.2) is 0 Å². The van der Waals surface area contributed by atoms with E-state index < -0.39 is 0 Å². The smallest absolute Gasteiger partial charge is 0.255 e. The third kappa shape index (κ3) is 6.31. The van der Waals surface area contributed by atoms with Gasteiger partial charge in [-0.1, -0.05) is 53.5 Å².